The zero-order chi connectivity index (χ0) is 14.2. The van der Waals surface area contributed by atoms with E-state index in [1.54, 1.807) is 0 Å². The molecule has 21 heavy (non-hydrogen) atoms. The van der Waals surface area contributed by atoms with Crippen molar-refractivity contribution in [3.8, 4) is 11.3 Å². The smallest absolute Gasteiger partial charge is 0.257 e. The third kappa shape index (κ3) is 2.23. The van der Waals surface area contributed by atoms with Crippen molar-refractivity contribution >= 4 is 5.91 Å². The molecule has 1 amide bonds. The number of fused-ring (bicyclic) bond motifs is 2. The van der Waals surface area contributed by atoms with E-state index in [1.165, 1.54) is 12.6 Å². The van der Waals surface area contributed by atoms with Crippen molar-refractivity contribution < 1.29 is 9.32 Å². The first-order chi connectivity index (χ1) is 10.3. The van der Waals surface area contributed by atoms with Crippen LogP contribution in [0.5, 0.6) is 0 Å². The number of benzene rings is 1. The van der Waals surface area contributed by atoms with E-state index in [-0.39, 0.29) is 11.9 Å². The molecule has 2 aliphatic rings. The van der Waals surface area contributed by atoms with Crippen LogP contribution in [0.1, 0.15) is 29.6 Å². The van der Waals surface area contributed by atoms with Gasteiger partial charge in [-0.3, -0.25) is 4.79 Å². The molecule has 3 heterocycles. The summed E-state index contributed by atoms with van der Waals surface area (Å²) in [6.07, 6.45) is 4.88. The molecule has 2 aliphatic heterocycles. The molecule has 0 radical (unpaired) electrons. The molecule has 3 atom stereocenters. The van der Waals surface area contributed by atoms with Gasteiger partial charge in [0, 0.05) is 23.7 Å². The van der Waals surface area contributed by atoms with Crippen LogP contribution in [-0.2, 0) is 0 Å². The number of nitrogens with one attached hydrogen (secondary N) is 2. The second-order valence-corrected chi connectivity index (χ2v) is 5.80. The molecule has 1 aromatic carbocycles. The summed E-state index contributed by atoms with van der Waals surface area (Å²) in [4.78, 5) is 12.5. The van der Waals surface area contributed by atoms with Gasteiger partial charge in [-0.2, -0.15) is 0 Å². The van der Waals surface area contributed by atoms with Crippen LogP contribution >= 0.6 is 0 Å². The zero-order valence-electron chi connectivity index (χ0n) is 11.6. The van der Waals surface area contributed by atoms with Gasteiger partial charge >= 0.3 is 0 Å². The second-order valence-electron chi connectivity index (χ2n) is 5.80. The summed E-state index contributed by atoms with van der Waals surface area (Å²) in [7, 11) is 0. The highest BCUT2D eigenvalue weighted by Crippen LogP contribution is 2.29. The van der Waals surface area contributed by atoms with Crippen LogP contribution in [0.3, 0.4) is 0 Å². The standard InChI is InChI=1S/C16H17N3O2/c20-16(19-14-8-11-6-7-13(14)18-11)12-9-17-21-15(12)10-4-2-1-3-5-10/h1-5,9,11,13-14,18H,6-8H2,(H,19,20)/t11-,13+,14-/m1/s1. The predicted octanol–water partition coefficient (Wildman–Crippen LogP) is 1.96. The van der Waals surface area contributed by atoms with Crippen molar-refractivity contribution in [3.63, 3.8) is 0 Å². The van der Waals surface area contributed by atoms with Crippen molar-refractivity contribution in [1.82, 2.24) is 15.8 Å². The van der Waals surface area contributed by atoms with E-state index >= 15 is 0 Å². The molecular formula is C16H17N3O2. The summed E-state index contributed by atoms with van der Waals surface area (Å²) >= 11 is 0. The highest BCUT2D eigenvalue weighted by atomic mass is 16.5. The lowest BCUT2D eigenvalue weighted by molar-refractivity contribution is 0.0931. The Labute approximate surface area is 122 Å². The average Bonchev–Trinajstić information content (AvgIpc) is 3.24. The molecule has 0 spiro atoms. The topological polar surface area (TPSA) is 67.2 Å². The lowest BCUT2D eigenvalue weighted by atomic mass is 9.95. The number of hydrogen-bond acceptors (Lipinski definition) is 4. The molecule has 0 unspecified atom stereocenters. The van der Waals surface area contributed by atoms with Gasteiger partial charge < -0.3 is 15.2 Å². The molecular weight excluding hydrogens is 266 g/mol. The van der Waals surface area contributed by atoms with Gasteiger partial charge in [0.2, 0.25) is 0 Å². The Balaban J connectivity index is 1.54. The van der Waals surface area contributed by atoms with Gasteiger partial charge in [0.15, 0.2) is 5.76 Å². The fraction of sp³-hybridized carbons (Fsp3) is 0.375. The van der Waals surface area contributed by atoms with E-state index in [0.717, 1.165) is 18.4 Å². The van der Waals surface area contributed by atoms with Gasteiger partial charge in [0.05, 0.1) is 6.20 Å². The normalized spacial score (nSPS) is 27.0. The third-order valence-corrected chi connectivity index (χ3v) is 4.47. The first-order valence-electron chi connectivity index (χ1n) is 7.38. The minimum Gasteiger partial charge on any atom is -0.355 e. The van der Waals surface area contributed by atoms with Crippen LogP contribution < -0.4 is 10.6 Å². The van der Waals surface area contributed by atoms with Crippen LogP contribution in [0.2, 0.25) is 0 Å². The molecule has 1 aromatic heterocycles. The fourth-order valence-corrected chi connectivity index (χ4v) is 3.43. The average molecular weight is 283 g/mol. The van der Waals surface area contributed by atoms with Gasteiger partial charge in [0.1, 0.15) is 5.56 Å². The van der Waals surface area contributed by atoms with E-state index in [0.29, 0.717) is 23.4 Å². The Bertz CT molecular complexity index is 653. The minimum absolute atomic E-state index is 0.102. The fourth-order valence-electron chi connectivity index (χ4n) is 3.43. The molecule has 0 saturated carbocycles. The first kappa shape index (κ1) is 12.6. The number of hydrogen-bond donors (Lipinski definition) is 2. The van der Waals surface area contributed by atoms with Crippen LogP contribution in [0.15, 0.2) is 41.1 Å². The molecule has 2 bridgehead atoms. The Morgan fingerprint density at radius 3 is 2.86 bits per heavy atom. The molecule has 2 saturated heterocycles. The first-order valence-corrected chi connectivity index (χ1v) is 7.38. The molecule has 2 aromatic rings. The monoisotopic (exact) mass is 283 g/mol. The number of aromatic nitrogens is 1. The Hall–Kier alpha value is -2.14. The molecule has 108 valence electrons. The van der Waals surface area contributed by atoms with E-state index in [2.05, 4.69) is 15.8 Å². The highest BCUT2D eigenvalue weighted by molar-refractivity contribution is 5.99. The van der Waals surface area contributed by atoms with Gasteiger partial charge in [-0.1, -0.05) is 35.5 Å². The van der Waals surface area contributed by atoms with E-state index in [1.807, 2.05) is 30.3 Å². The van der Waals surface area contributed by atoms with Gasteiger partial charge in [-0.05, 0) is 19.3 Å². The minimum atomic E-state index is -0.102. The molecule has 4 rings (SSSR count). The van der Waals surface area contributed by atoms with E-state index in [4.69, 9.17) is 4.52 Å². The molecule has 2 N–H and O–H groups in total. The van der Waals surface area contributed by atoms with Crippen LogP contribution in [0.25, 0.3) is 11.3 Å². The summed E-state index contributed by atoms with van der Waals surface area (Å²) < 4.78 is 5.27. The van der Waals surface area contributed by atoms with Crippen molar-refractivity contribution in [1.29, 1.82) is 0 Å². The van der Waals surface area contributed by atoms with Crippen LogP contribution in [0.4, 0.5) is 0 Å². The van der Waals surface area contributed by atoms with Crippen LogP contribution in [-0.4, -0.2) is 29.2 Å². The zero-order valence-corrected chi connectivity index (χ0v) is 11.6. The Morgan fingerprint density at radius 2 is 2.14 bits per heavy atom. The largest absolute Gasteiger partial charge is 0.355 e. The van der Waals surface area contributed by atoms with Gasteiger partial charge in [0.25, 0.3) is 5.91 Å². The molecule has 5 nitrogen and oxygen atoms in total. The molecule has 5 heteroatoms. The van der Waals surface area contributed by atoms with Crippen molar-refractivity contribution in [2.24, 2.45) is 0 Å². The SMILES string of the molecule is O=C(N[C@@H]1C[C@H]2CC[C@@H]1N2)c1cnoc1-c1ccccc1. The number of carbonyl (C=O) groups excluding carboxylic acids is 1. The third-order valence-electron chi connectivity index (χ3n) is 4.47. The predicted molar refractivity (Wildman–Crippen MR) is 77.8 cm³/mol. The second kappa shape index (κ2) is 5.00. The molecule has 2 fully saturated rings. The van der Waals surface area contributed by atoms with E-state index < -0.39 is 0 Å². The summed E-state index contributed by atoms with van der Waals surface area (Å²) in [5, 5.41) is 10.4. The van der Waals surface area contributed by atoms with Crippen molar-refractivity contribution in [2.75, 3.05) is 0 Å². The quantitative estimate of drug-likeness (QED) is 0.903. The maximum atomic E-state index is 12.5. The van der Waals surface area contributed by atoms with Crippen LogP contribution in [0, 0.1) is 0 Å². The van der Waals surface area contributed by atoms with Crippen molar-refractivity contribution in [2.45, 2.75) is 37.4 Å². The number of nitrogens with zero attached hydrogens (tertiary/aromatic N) is 1. The van der Waals surface area contributed by atoms with E-state index in [9.17, 15) is 4.79 Å². The van der Waals surface area contributed by atoms with Gasteiger partial charge in [-0.25, -0.2) is 0 Å². The van der Waals surface area contributed by atoms with Gasteiger partial charge in [-0.15, -0.1) is 0 Å². The lowest BCUT2D eigenvalue weighted by Gasteiger charge is -2.21. The summed E-state index contributed by atoms with van der Waals surface area (Å²) in [6, 6.07) is 10.8. The maximum Gasteiger partial charge on any atom is 0.257 e. The Morgan fingerprint density at radius 1 is 1.29 bits per heavy atom. The maximum absolute atomic E-state index is 12.5. The number of amides is 1. The molecule has 0 aliphatic carbocycles. The summed E-state index contributed by atoms with van der Waals surface area (Å²) in [5.74, 6) is 0.429. The number of rotatable bonds is 3. The highest BCUT2D eigenvalue weighted by Gasteiger charge is 2.40. The summed E-state index contributed by atoms with van der Waals surface area (Å²) in [6.45, 7) is 0. The van der Waals surface area contributed by atoms with Crippen molar-refractivity contribution in [3.05, 3.63) is 42.1 Å². The number of carbonyl (C=O) groups is 1. The summed E-state index contributed by atoms with van der Waals surface area (Å²) in [5.41, 5.74) is 1.37. The lowest BCUT2D eigenvalue weighted by Crippen LogP contribution is -2.42. The Kier molecular flexibility index (Phi) is 3.00.